The van der Waals surface area contributed by atoms with Crippen molar-refractivity contribution >= 4 is 11.9 Å². The summed E-state index contributed by atoms with van der Waals surface area (Å²) in [5.74, 6) is 0.189. The zero-order chi connectivity index (χ0) is 15.9. The van der Waals surface area contributed by atoms with Crippen molar-refractivity contribution < 1.29 is 9.59 Å². The van der Waals surface area contributed by atoms with Crippen molar-refractivity contribution in [2.75, 3.05) is 13.1 Å². The smallest absolute Gasteiger partial charge is 0.318 e. The number of nitrogens with one attached hydrogen (secondary N) is 1. The number of carbonyl (C=O) groups excluding carboxylic acids is 2. The number of nitrogens with zero attached hydrogens (tertiary/aromatic N) is 1. The van der Waals surface area contributed by atoms with Crippen LogP contribution in [0.3, 0.4) is 0 Å². The number of nitrogens with two attached hydrogens (primary N) is 1. The average Bonchev–Trinajstić information content (AvgIpc) is 2.95. The molecule has 0 saturated carbocycles. The Morgan fingerprint density at radius 2 is 2.09 bits per heavy atom. The number of hydrogen-bond donors (Lipinski definition) is 2. The summed E-state index contributed by atoms with van der Waals surface area (Å²) in [6, 6.07) is 10.3. The molecule has 5 heteroatoms. The summed E-state index contributed by atoms with van der Waals surface area (Å²) >= 11 is 0. The second-order valence-corrected chi connectivity index (χ2v) is 5.83. The lowest BCUT2D eigenvalue weighted by atomic mass is 9.87. The fourth-order valence-corrected chi connectivity index (χ4v) is 3.46. The van der Waals surface area contributed by atoms with Crippen molar-refractivity contribution in [1.82, 2.24) is 10.2 Å². The predicted molar refractivity (Wildman–Crippen MR) is 86.4 cm³/mol. The molecule has 0 bridgehead atoms. The highest BCUT2D eigenvalue weighted by molar-refractivity contribution is 5.93. The molecule has 2 rings (SSSR count). The van der Waals surface area contributed by atoms with Gasteiger partial charge in [-0.05, 0) is 37.3 Å². The van der Waals surface area contributed by atoms with E-state index >= 15 is 0 Å². The van der Waals surface area contributed by atoms with Crippen LogP contribution < -0.4 is 11.1 Å². The molecule has 3 amide bonds. The van der Waals surface area contributed by atoms with Gasteiger partial charge in [-0.15, -0.1) is 0 Å². The lowest BCUT2D eigenvalue weighted by molar-refractivity contribution is -0.120. The highest BCUT2D eigenvalue weighted by Gasteiger charge is 2.31. The molecule has 0 aromatic heterocycles. The Balaban J connectivity index is 1.97. The predicted octanol–water partition coefficient (Wildman–Crippen LogP) is 2.23. The van der Waals surface area contributed by atoms with Crippen LogP contribution in [0.1, 0.15) is 44.1 Å². The molecular formula is C17H25N3O2. The molecule has 2 atom stereocenters. The number of benzene rings is 1. The molecular weight excluding hydrogens is 278 g/mol. The van der Waals surface area contributed by atoms with Gasteiger partial charge in [0.2, 0.25) is 5.91 Å². The van der Waals surface area contributed by atoms with Crippen LogP contribution in [0.2, 0.25) is 0 Å². The molecule has 22 heavy (non-hydrogen) atoms. The van der Waals surface area contributed by atoms with Crippen LogP contribution in [0.25, 0.3) is 0 Å². The van der Waals surface area contributed by atoms with Crippen molar-refractivity contribution in [2.45, 2.75) is 44.6 Å². The maximum absolute atomic E-state index is 11.6. The maximum Gasteiger partial charge on any atom is 0.318 e. The van der Waals surface area contributed by atoms with Crippen molar-refractivity contribution in [3.05, 3.63) is 35.9 Å². The summed E-state index contributed by atoms with van der Waals surface area (Å²) < 4.78 is 0. The minimum absolute atomic E-state index is 0.300. The largest absolute Gasteiger partial charge is 0.351 e. The van der Waals surface area contributed by atoms with Gasteiger partial charge in [-0.1, -0.05) is 37.3 Å². The number of urea groups is 1. The van der Waals surface area contributed by atoms with E-state index in [2.05, 4.69) is 41.4 Å². The van der Waals surface area contributed by atoms with Gasteiger partial charge in [0.05, 0.1) is 0 Å². The molecule has 1 aromatic rings. The van der Waals surface area contributed by atoms with Gasteiger partial charge in [0.15, 0.2) is 0 Å². The van der Waals surface area contributed by atoms with Gasteiger partial charge in [0, 0.05) is 19.0 Å². The minimum atomic E-state index is -0.779. The average molecular weight is 303 g/mol. The molecule has 0 radical (unpaired) electrons. The lowest BCUT2D eigenvalue weighted by Crippen LogP contribution is -2.40. The Hall–Kier alpha value is -1.88. The highest BCUT2D eigenvalue weighted by Crippen LogP contribution is 2.33. The van der Waals surface area contributed by atoms with Crippen molar-refractivity contribution in [3.8, 4) is 0 Å². The number of primary amides is 1. The third-order valence-electron chi connectivity index (χ3n) is 4.43. The fourth-order valence-electron chi connectivity index (χ4n) is 3.46. The van der Waals surface area contributed by atoms with E-state index < -0.39 is 6.03 Å². The number of imide groups is 1. The molecule has 5 nitrogen and oxygen atoms in total. The minimum Gasteiger partial charge on any atom is -0.351 e. The number of carbonyl (C=O) groups is 2. The van der Waals surface area contributed by atoms with E-state index in [9.17, 15) is 9.59 Å². The molecule has 1 aromatic carbocycles. The molecule has 1 aliphatic rings. The van der Waals surface area contributed by atoms with Crippen LogP contribution in [0.4, 0.5) is 4.79 Å². The maximum atomic E-state index is 11.6. The van der Waals surface area contributed by atoms with Crippen molar-refractivity contribution in [1.29, 1.82) is 0 Å². The summed E-state index contributed by atoms with van der Waals surface area (Å²) in [6.07, 6.45) is 3.71. The lowest BCUT2D eigenvalue weighted by Gasteiger charge is -2.31. The zero-order valence-electron chi connectivity index (χ0n) is 13.1. The zero-order valence-corrected chi connectivity index (χ0v) is 13.1. The van der Waals surface area contributed by atoms with E-state index in [0.29, 0.717) is 24.9 Å². The summed E-state index contributed by atoms with van der Waals surface area (Å²) in [5, 5.41) is 2.13. The van der Waals surface area contributed by atoms with Gasteiger partial charge in [-0.2, -0.15) is 0 Å². The summed E-state index contributed by atoms with van der Waals surface area (Å²) in [5.41, 5.74) is 6.33. The van der Waals surface area contributed by atoms with Gasteiger partial charge >= 0.3 is 6.03 Å². The van der Waals surface area contributed by atoms with Crippen LogP contribution in [0, 0.1) is 0 Å². The second-order valence-electron chi connectivity index (χ2n) is 5.83. The Bertz CT molecular complexity index is 504. The van der Waals surface area contributed by atoms with Crippen LogP contribution in [0.5, 0.6) is 0 Å². The van der Waals surface area contributed by atoms with Crippen LogP contribution in [-0.2, 0) is 4.79 Å². The van der Waals surface area contributed by atoms with E-state index in [1.165, 1.54) is 5.56 Å². The molecule has 3 N–H and O–H groups in total. The van der Waals surface area contributed by atoms with E-state index in [4.69, 9.17) is 5.73 Å². The number of hydrogen-bond acceptors (Lipinski definition) is 3. The highest BCUT2D eigenvalue weighted by atomic mass is 16.2. The molecule has 120 valence electrons. The molecule has 1 heterocycles. The number of amides is 3. The first-order chi connectivity index (χ1) is 10.6. The van der Waals surface area contributed by atoms with Gasteiger partial charge in [-0.25, -0.2) is 4.79 Å². The van der Waals surface area contributed by atoms with Gasteiger partial charge < -0.3 is 5.73 Å². The van der Waals surface area contributed by atoms with Crippen molar-refractivity contribution in [2.24, 2.45) is 5.73 Å². The van der Waals surface area contributed by atoms with Crippen LogP contribution in [0.15, 0.2) is 30.3 Å². The molecule has 1 aliphatic heterocycles. The first-order valence-electron chi connectivity index (χ1n) is 8.00. The van der Waals surface area contributed by atoms with Gasteiger partial charge in [0.1, 0.15) is 0 Å². The summed E-state index contributed by atoms with van der Waals surface area (Å²) in [6.45, 7) is 3.90. The first-order valence-corrected chi connectivity index (χ1v) is 8.00. The van der Waals surface area contributed by atoms with Crippen molar-refractivity contribution in [3.63, 3.8) is 0 Å². The molecule has 0 aliphatic carbocycles. The monoisotopic (exact) mass is 303 g/mol. The van der Waals surface area contributed by atoms with E-state index in [0.717, 1.165) is 25.8 Å². The first kappa shape index (κ1) is 16.5. The molecule has 0 unspecified atom stereocenters. The van der Waals surface area contributed by atoms with Gasteiger partial charge in [-0.3, -0.25) is 15.0 Å². The van der Waals surface area contributed by atoms with Crippen LogP contribution in [-0.4, -0.2) is 36.0 Å². The summed E-state index contributed by atoms with van der Waals surface area (Å²) in [7, 11) is 0. The Kier molecular flexibility index (Phi) is 5.95. The fraction of sp³-hybridized carbons (Fsp3) is 0.529. The SMILES string of the molecule is CC[C@@H](c1ccccc1)[C@H]1CCCN1CCC(=O)NC(N)=O. The topological polar surface area (TPSA) is 75.4 Å². The summed E-state index contributed by atoms with van der Waals surface area (Å²) in [4.78, 5) is 24.7. The van der Waals surface area contributed by atoms with E-state index in [1.807, 2.05) is 6.07 Å². The number of likely N-dealkylation sites (tertiary alicyclic amines) is 1. The Morgan fingerprint density at radius 1 is 1.36 bits per heavy atom. The third kappa shape index (κ3) is 4.31. The standard InChI is InChI=1S/C17H25N3O2/c1-2-14(13-7-4-3-5-8-13)15-9-6-11-20(15)12-10-16(21)19-17(18)22/h3-5,7-8,14-15H,2,6,9-12H2,1H3,(H3,18,19,21,22)/t14-,15+/m0/s1. The normalized spacial score (nSPS) is 19.8. The van der Waals surface area contributed by atoms with Gasteiger partial charge in [0.25, 0.3) is 0 Å². The Labute approximate surface area is 131 Å². The van der Waals surface area contributed by atoms with E-state index in [1.54, 1.807) is 0 Å². The molecule has 1 fully saturated rings. The molecule has 1 saturated heterocycles. The van der Waals surface area contributed by atoms with Crippen LogP contribution >= 0.6 is 0 Å². The quantitative estimate of drug-likeness (QED) is 0.846. The van der Waals surface area contributed by atoms with E-state index in [-0.39, 0.29) is 5.91 Å². The molecule has 0 spiro atoms. The second kappa shape index (κ2) is 7.94. The number of rotatable bonds is 6. The third-order valence-corrected chi connectivity index (χ3v) is 4.43. The Morgan fingerprint density at radius 3 is 2.73 bits per heavy atom.